The Morgan fingerprint density at radius 1 is 1.12 bits per heavy atom. The molecule has 0 aromatic heterocycles. The van der Waals surface area contributed by atoms with Gasteiger partial charge in [-0.2, -0.15) is 4.31 Å². The van der Waals surface area contributed by atoms with Crippen molar-refractivity contribution in [3.05, 3.63) is 47.5 Å². The van der Waals surface area contributed by atoms with E-state index >= 15 is 0 Å². The molecule has 1 N–H and O–H groups in total. The number of fused-ring (bicyclic) bond motifs is 1. The highest BCUT2D eigenvalue weighted by molar-refractivity contribution is 7.99. The Hall–Kier alpha value is -2.40. The van der Waals surface area contributed by atoms with Crippen molar-refractivity contribution in [1.82, 2.24) is 4.31 Å². The van der Waals surface area contributed by atoms with E-state index in [1.807, 2.05) is 39.0 Å². The third-order valence-corrected chi connectivity index (χ3v) is 9.32. The van der Waals surface area contributed by atoms with Gasteiger partial charge >= 0.3 is 0 Å². The maximum Gasteiger partial charge on any atom is 0.244 e. The Bertz CT molecular complexity index is 1210. The molecule has 2 aromatic rings. The fourth-order valence-corrected chi connectivity index (χ4v) is 6.41. The van der Waals surface area contributed by atoms with Gasteiger partial charge < -0.3 is 15.0 Å². The summed E-state index contributed by atoms with van der Waals surface area (Å²) in [5.41, 5.74) is 3.28. The summed E-state index contributed by atoms with van der Waals surface area (Å²) in [5.74, 6) is -0.312. The van der Waals surface area contributed by atoms with E-state index in [2.05, 4.69) is 5.32 Å². The normalized spacial score (nSPS) is 19.4. The van der Waals surface area contributed by atoms with E-state index in [0.29, 0.717) is 30.3 Å². The van der Waals surface area contributed by atoms with Crippen LogP contribution in [-0.2, 0) is 24.3 Å². The van der Waals surface area contributed by atoms with Gasteiger partial charge in [0.05, 0.1) is 23.8 Å². The summed E-state index contributed by atoms with van der Waals surface area (Å²) in [6.45, 7) is 6.84. The summed E-state index contributed by atoms with van der Waals surface area (Å²) in [6, 6.07) is 10.5. The van der Waals surface area contributed by atoms with Crippen LogP contribution >= 0.6 is 11.8 Å². The van der Waals surface area contributed by atoms with E-state index in [9.17, 15) is 18.0 Å². The number of amides is 2. The zero-order valence-electron chi connectivity index (χ0n) is 19.5. The second kappa shape index (κ2) is 10.1. The number of morpholine rings is 1. The first-order chi connectivity index (χ1) is 16.2. The van der Waals surface area contributed by atoms with Crippen LogP contribution in [0.15, 0.2) is 46.2 Å². The predicted octanol–water partition coefficient (Wildman–Crippen LogP) is 3.04. The van der Waals surface area contributed by atoms with Crippen LogP contribution in [0, 0.1) is 19.8 Å². The quantitative estimate of drug-likeness (QED) is 0.674. The number of carbonyl (C=O) groups is 2. The average Bonchev–Trinajstić information content (AvgIpc) is 2.94. The average molecular weight is 504 g/mol. The Morgan fingerprint density at radius 2 is 1.85 bits per heavy atom. The SMILES string of the molecule is Cc1ccc(NC(=O)CN2C(=O)[C@H](C)CSc3ccc(S(=O)(=O)N4CCOCC4)cc32)cc1C. The van der Waals surface area contributed by atoms with E-state index in [0.717, 1.165) is 16.0 Å². The highest BCUT2D eigenvalue weighted by atomic mass is 32.2. The Kier molecular flexibility index (Phi) is 7.32. The van der Waals surface area contributed by atoms with Gasteiger partial charge in [0.1, 0.15) is 6.54 Å². The molecule has 2 amide bonds. The van der Waals surface area contributed by atoms with Crippen molar-refractivity contribution in [2.75, 3.05) is 48.8 Å². The van der Waals surface area contributed by atoms with E-state index in [-0.39, 0.29) is 42.3 Å². The lowest BCUT2D eigenvalue weighted by Crippen LogP contribution is -2.42. The lowest BCUT2D eigenvalue weighted by Gasteiger charge is -2.27. The zero-order chi connectivity index (χ0) is 24.5. The summed E-state index contributed by atoms with van der Waals surface area (Å²) in [7, 11) is -3.74. The van der Waals surface area contributed by atoms with Crippen molar-refractivity contribution >= 4 is 45.0 Å². The largest absolute Gasteiger partial charge is 0.379 e. The Morgan fingerprint density at radius 3 is 2.56 bits per heavy atom. The molecule has 0 spiro atoms. The lowest BCUT2D eigenvalue weighted by atomic mass is 10.1. The third-order valence-electron chi connectivity index (χ3n) is 6.10. The highest BCUT2D eigenvalue weighted by Crippen LogP contribution is 2.38. The molecule has 1 fully saturated rings. The smallest absolute Gasteiger partial charge is 0.244 e. The molecule has 0 aliphatic carbocycles. The van der Waals surface area contributed by atoms with Crippen molar-refractivity contribution in [1.29, 1.82) is 0 Å². The van der Waals surface area contributed by atoms with Crippen LogP contribution in [0.2, 0.25) is 0 Å². The molecule has 10 heteroatoms. The number of thioether (sulfide) groups is 1. The summed E-state index contributed by atoms with van der Waals surface area (Å²) in [5, 5.41) is 2.86. The summed E-state index contributed by atoms with van der Waals surface area (Å²) < 4.78 is 33.1. The standard InChI is InChI=1S/C24H29N3O5S2/c1-16-4-5-19(12-17(16)2)25-23(28)14-27-21-13-20(34(30,31)26-8-10-32-11-9-26)6-7-22(21)33-15-18(3)24(27)29/h4-7,12-13,18H,8-11,14-15H2,1-3H3,(H,25,28)/t18-/m1/s1. The molecule has 2 heterocycles. The molecule has 0 radical (unpaired) electrons. The number of ether oxygens (including phenoxy) is 1. The number of hydrogen-bond donors (Lipinski definition) is 1. The molecule has 0 bridgehead atoms. The first kappa shape index (κ1) is 24.7. The van der Waals surface area contributed by atoms with Gasteiger partial charge in [0.25, 0.3) is 0 Å². The Labute approximate surface area is 204 Å². The van der Waals surface area contributed by atoms with Gasteiger partial charge in [0.15, 0.2) is 0 Å². The molecule has 8 nitrogen and oxygen atoms in total. The second-order valence-corrected chi connectivity index (χ2v) is 11.6. The molecule has 0 saturated carbocycles. The van der Waals surface area contributed by atoms with E-state index in [1.165, 1.54) is 27.0 Å². The van der Waals surface area contributed by atoms with Gasteiger partial charge in [-0.15, -0.1) is 11.8 Å². The van der Waals surface area contributed by atoms with Gasteiger partial charge in [-0.1, -0.05) is 13.0 Å². The molecule has 1 saturated heterocycles. The van der Waals surface area contributed by atoms with Gasteiger partial charge in [-0.25, -0.2) is 8.42 Å². The molecule has 1 atom stereocenters. The van der Waals surface area contributed by atoms with Gasteiger partial charge in [0.2, 0.25) is 21.8 Å². The van der Waals surface area contributed by atoms with Crippen LogP contribution in [0.4, 0.5) is 11.4 Å². The number of nitrogens with zero attached hydrogens (tertiary/aromatic N) is 2. The maximum atomic E-state index is 13.2. The summed E-state index contributed by atoms with van der Waals surface area (Å²) in [6.07, 6.45) is 0. The number of nitrogens with one attached hydrogen (secondary N) is 1. The van der Waals surface area contributed by atoms with Crippen molar-refractivity contribution in [2.45, 2.75) is 30.6 Å². The van der Waals surface area contributed by atoms with Crippen LogP contribution < -0.4 is 10.2 Å². The van der Waals surface area contributed by atoms with Crippen LogP contribution in [-0.4, -0.2) is 63.1 Å². The van der Waals surface area contributed by atoms with Crippen molar-refractivity contribution in [3.8, 4) is 0 Å². The van der Waals surface area contributed by atoms with E-state index in [1.54, 1.807) is 12.1 Å². The topological polar surface area (TPSA) is 96.0 Å². The molecule has 2 aliphatic heterocycles. The molecule has 0 unspecified atom stereocenters. The number of anilines is 2. The summed E-state index contributed by atoms with van der Waals surface area (Å²) in [4.78, 5) is 28.4. The van der Waals surface area contributed by atoms with Crippen molar-refractivity contribution in [3.63, 3.8) is 0 Å². The fraction of sp³-hybridized carbons (Fsp3) is 0.417. The third kappa shape index (κ3) is 5.14. The predicted molar refractivity (Wildman–Crippen MR) is 133 cm³/mol. The molecule has 34 heavy (non-hydrogen) atoms. The van der Waals surface area contributed by atoms with Crippen molar-refractivity contribution in [2.24, 2.45) is 5.92 Å². The van der Waals surface area contributed by atoms with Crippen LogP contribution in [0.3, 0.4) is 0 Å². The van der Waals surface area contributed by atoms with E-state index in [4.69, 9.17) is 4.74 Å². The number of sulfonamides is 1. The Balaban J connectivity index is 1.64. The van der Waals surface area contributed by atoms with E-state index < -0.39 is 10.0 Å². The van der Waals surface area contributed by atoms with Gasteiger partial charge in [-0.3, -0.25) is 9.59 Å². The minimum Gasteiger partial charge on any atom is -0.379 e. The van der Waals surface area contributed by atoms with Crippen LogP contribution in [0.5, 0.6) is 0 Å². The van der Waals surface area contributed by atoms with Crippen LogP contribution in [0.1, 0.15) is 18.1 Å². The number of rotatable bonds is 5. The van der Waals surface area contributed by atoms with Crippen LogP contribution in [0.25, 0.3) is 0 Å². The molecular weight excluding hydrogens is 474 g/mol. The first-order valence-corrected chi connectivity index (χ1v) is 13.6. The zero-order valence-corrected chi connectivity index (χ0v) is 21.2. The number of benzene rings is 2. The maximum absolute atomic E-state index is 13.2. The fourth-order valence-electron chi connectivity index (χ4n) is 3.92. The molecule has 2 aliphatic rings. The second-order valence-electron chi connectivity index (χ2n) is 8.63. The highest BCUT2D eigenvalue weighted by Gasteiger charge is 2.32. The monoisotopic (exact) mass is 503 g/mol. The number of carbonyl (C=O) groups excluding carboxylic acids is 2. The first-order valence-electron chi connectivity index (χ1n) is 11.2. The minimum atomic E-state index is -3.74. The minimum absolute atomic E-state index is 0.107. The van der Waals surface area contributed by atoms with Crippen molar-refractivity contribution < 1.29 is 22.7 Å². The number of aryl methyl sites for hydroxylation is 2. The lowest BCUT2D eigenvalue weighted by molar-refractivity contribution is -0.123. The number of hydrogen-bond acceptors (Lipinski definition) is 6. The molecule has 2 aromatic carbocycles. The molecule has 182 valence electrons. The molecule has 4 rings (SSSR count). The van der Waals surface area contributed by atoms with Gasteiger partial charge in [0, 0.05) is 35.3 Å². The molecular formula is C24H29N3O5S2. The van der Waals surface area contributed by atoms with Gasteiger partial charge in [-0.05, 0) is 55.3 Å². The summed E-state index contributed by atoms with van der Waals surface area (Å²) >= 11 is 1.49.